The van der Waals surface area contributed by atoms with Crippen molar-refractivity contribution >= 4 is 11.8 Å². The Balaban J connectivity index is 1.93. The number of rotatable bonds is 5. The first kappa shape index (κ1) is 16.0. The standard InChI is InChI=1S/C17H23N3S/c1-13-5-7-15(8-6-13)21-12-16-18-10-9-14(20-16)11-19-17(2,3)4/h5-10,19H,11-12H2,1-4H3. The van der Waals surface area contributed by atoms with Crippen LogP contribution in [-0.4, -0.2) is 15.5 Å². The van der Waals surface area contributed by atoms with E-state index in [2.05, 4.69) is 67.2 Å². The summed E-state index contributed by atoms with van der Waals surface area (Å²) in [5.41, 5.74) is 2.42. The zero-order valence-electron chi connectivity index (χ0n) is 13.2. The highest BCUT2D eigenvalue weighted by Gasteiger charge is 2.09. The van der Waals surface area contributed by atoms with Crippen LogP contribution in [0.2, 0.25) is 0 Å². The maximum Gasteiger partial charge on any atom is 0.138 e. The van der Waals surface area contributed by atoms with Gasteiger partial charge >= 0.3 is 0 Å². The van der Waals surface area contributed by atoms with Crippen LogP contribution in [0.5, 0.6) is 0 Å². The normalized spacial score (nSPS) is 11.6. The summed E-state index contributed by atoms with van der Waals surface area (Å²) in [6, 6.07) is 10.5. The number of aromatic nitrogens is 2. The Morgan fingerprint density at radius 1 is 1.10 bits per heavy atom. The first-order valence-corrected chi connectivity index (χ1v) is 8.16. The van der Waals surface area contributed by atoms with Crippen LogP contribution < -0.4 is 5.32 Å². The van der Waals surface area contributed by atoms with Crippen LogP contribution in [0, 0.1) is 6.92 Å². The minimum atomic E-state index is 0.0990. The quantitative estimate of drug-likeness (QED) is 0.848. The van der Waals surface area contributed by atoms with E-state index in [0.29, 0.717) is 0 Å². The van der Waals surface area contributed by atoms with E-state index in [1.54, 1.807) is 11.8 Å². The maximum absolute atomic E-state index is 4.61. The van der Waals surface area contributed by atoms with Crippen molar-refractivity contribution in [2.45, 2.75) is 50.4 Å². The smallest absolute Gasteiger partial charge is 0.138 e. The van der Waals surface area contributed by atoms with Gasteiger partial charge in [0, 0.05) is 23.2 Å². The Bertz CT molecular complexity index is 573. The summed E-state index contributed by atoms with van der Waals surface area (Å²) >= 11 is 1.77. The molecule has 21 heavy (non-hydrogen) atoms. The number of hydrogen-bond donors (Lipinski definition) is 1. The average molecular weight is 301 g/mol. The van der Waals surface area contributed by atoms with Gasteiger partial charge in [-0.15, -0.1) is 11.8 Å². The molecule has 0 aliphatic carbocycles. The van der Waals surface area contributed by atoms with E-state index in [-0.39, 0.29) is 5.54 Å². The third-order valence-corrected chi connectivity index (χ3v) is 3.96. The van der Waals surface area contributed by atoms with Gasteiger partial charge in [-0.3, -0.25) is 0 Å². The van der Waals surface area contributed by atoms with Crippen molar-refractivity contribution in [3.8, 4) is 0 Å². The lowest BCUT2D eigenvalue weighted by atomic mass is 10.1. The largest absolute Gasteiger partial charge is 0.306 e. The zero-order valence-corrected chi connectivity index (χ0v) is 14.0. The lowest BCUT2D eigenvalue weighted by Gasteiger charge is -2.20. The van der Waals surface area contributed by atoms with E-state index < -0.39 is 0 Å². The number of nitrogens with one attached hydrogen (secondary N) is 1. The molecule has 1 heterocycles. The van der Waals surface area contributed by atoms with Gasteiger partial charge in [-0.2, -0.15) is 0 Å². The van der Waals surface area contributed by atoms with E-state index in [9.17, 15) is 0 Å². The zero-order chi connectivity index (χ0) is 15.3. The molecule has 112 valence electrons. The highest BCUT2D eigenvalue weighted by molar-refractivity contribution is 7.98. The summed E-state index contributed by atoms with van der Waals surface area (Å²) in [6.45, 7) is 9.34. The molecule has 0 radical (unpaired) electrons. The van der Waals surface area contributed by atoms with Crippen molar-refractivity contribution in [3.63, 3.8) is 0 Å². The highest BCUT2D eigenvalue weighted by Crippen LogP contribution is 2.21. The minimum Gasteiger partial charge on any atom is -0.306 e. The van der Waals surface area contributed by atoms with Crippen molar-refractivity contribution in [3.05, 3.63) is 53.6 Å². The predicted molar refractivity (Wildman–Crippen MR) is 89.4 cm³/mol. The van der Waals surface area contributed by atoms with Crippen molar-refractivity contribution in [2.75, 3.05) is 0 Å². The van der Waals surface area contributed by atoms with E-state index in [1.807, 2.05) is 12.3 Å². The molecule has 2 rings (SSSR count). The molecular weight excluding hydrogens is 278 g/mol. The number of aryl methyl sites for hydroxylation is 1. The second-order valence-corrected chi connectivity index (χ2v) is 7.22. The van der Waals surface area contributed by atoms with Gasteiger partial charge in [-0.05, 0) is 45.9 Å². The molecule has 0 bridgehead atoms. The van der Waals surface area contributed by atoms with Crippen LogP contribution in [0.4, 0.5) is 0 Å². The fraction of sp³-hybridized carbons (Fsp3) is 0.412. The van der Waals surface area contributed by atoms with Crippen LogP contribution in [0.3, 0.4) is 0 Å². The van der Waals surface area contributed by atoms with Crippen LogP contribution in [0.25, 0.3) is 0 Å². The molecule has 3 nitrogen and oxygen atoms in total. The fourth-order valence-electron chi connectivity index (χ4n) is 1.75. The summed E-state index contributed by atoms with van der Waals surface area (Å²) in [4.78, 5) is 10.2. The maximum atomic E-state index is 4.61. The minimum absolute atomic E-state index is 0.0990. The summed E-state index contributed by atoms with van der Waals surface area (Å²) in [5.74, 6) is 1.68. The summed E-state index contributed by atoms with van der Waals surface area (Å²) in [7, 11) is 0. The molecule has 0 aliphatic rings. The van der Waals surface area contributed by atoms with Gasteiger partial charge in [0.15, 0.2) is 0 Å². The third-order valence-electron chi connectivity index (χ3n) is 2.95. The Hall–Kier alpha value is -1.39. The van der Waals surface area contributed by atoms with Gasteiger partial charge in [0.1, 0.15) is 5.82 Å². The van der Waals surface area contributed by atoms with E-state index >= 15 is 0 Å². The van der Waals surface area contributed by atoms with Crippen LogP contribution in [-0.2, 0) is 12.3 Å². The second-order valence-electron chi connectivity index (χ2n) is 6.17. The molecule has 0 saturated heterocycles. The lowest BCUT2D eigenvalue weighted by molar-refractivity contribution is 0.421. The summed E-state index contributed by atoms with van der Waals surface area (Å²) in [6.07, 6.45) is 1.84. The second kappa shape index (κ2) is 7.05. The molecule has 0 unspecified atom stereocenters. The van der Waals surface area contributed by atoms with Crippen LogP contribution in [0.1, 0.15) is 37.9 Å². The predicted octanol–water partition coefficient (Wildman–Crippen LogP) is 3.97. The summed E-state index contributed by atoms with van der Waals surface area (Å²) < 4.78 is 0. The molecule has 0 spiro atoms. The molecule has 0 fully saturated rings. The molecule has 1 aromatic heterocycles. The fourth-order valence-corrected chi connectivity index (χ4v) is 2.51. The first-order valence-electron chi connectivity index (χ1n) is 7.18. The van der Waals surface area contributed by atoms with Gasteiger partial charge in [0.05, 0.1) is 11.4 Å². The van der Waals surface area contributed by atoms with Gasteiger partial charge in [0.25, 0.3) is 0 Å². The van der Waals surface area contributed by atoms with Crippen molar-refractivity contribution in [1.29, 1.82) is 0 Å². The molecule has 2 aromatic rings. The molecule has 0 atom stereocenters. The molecule has 1 N–H and O–H groups in total. The Morgan fingerprint density at radius 2 is 1.81 bits per heavy atom. The van der Waals surface area contributed by atoms with Gasteiger partial charge in [0.2, 0.25) is 0 Å². The first-order chi connectivity index (χ1) is 9.92. The molecule has 0 amide bonds. The van der Waals surface area contributed by atoms with Gasteiger partial charge in [-0.25, -0.2) is 9.97 Å². The van der Waals surface area contributed by atoms with Gasteiger partial charge in [-0.1, -0.05) is 17.7 Å². The lowest BCUT2D eigenvalue weighted by Crippen LogP contribution is -2.35. The number of hydrogen-bond acceptors (Lipinski definition) is 4. The molecule has 1 aromatic carbocycles. The van der Waals surface area contributed by atoms with Gasteiger partial charge < -0.3 is 5.32 Å². The molecule has 0 aliphatic heterocycles. The third kappa shape index (κ3) is 5.86. The monoisotopic (exact) mass is 301 g/mol. The Labute approximate surface area is 131 Å². The average Bonchev–Trinajstić information content (AvgIpc) is 2.44. The van der Waals surface area contributed by atoms with Crippen LogP contribution >= 0.6 is 11.8 Å². The SMILES string of the molecule is Cc1ccc(SCc2nccc(CNC(C)(C)C)n2)cc1. The van der Waals surface area contributed by atoms with E-state index in [4.69, 9.17) is 0 Å². The molecular formula is C17H23N3S. The van der Waals surface area contributed by atoms with Crippen molar-refractivity contribution in [2.24, 2.45) is 0 Å². The Morgan fingerprint density at radius 3 is 2.48 bits per heavy atom. The number of nitrogens with zero attached hydrogens (tertiary/aromatic N) is 2. The van der Waals surface area contributed by atoms with E-state index in [1.165, 1.54) is 10.5 Å². The van der Waals surface area contributed by atoms with E-state index in [0.717, 1.165) is 23.8 Å². The Kier molecular flexibility index (Phi) is 5.37. The molecule has 0 saturated carbocycles. The topological polar surface area (TPSA) is 37.8 Å². The van der Waals surface area contributed by atoms with Crippen molar-refractivity contribution in [1.82, 2.24) is 15.3 Å². The number of thioether (sulfide) groups is 1. The van der Waals surface area contributed by atoms with Crippen LogP contribution in [0.15, 0.2) is 41.4 Å². The molecule has 4 heteroatoms. The summed E-state index contributed by atoms with van der Waals surface area (Å²) in [5, 5.41) is 3.45. The number of benzene rings is 1. The van der Waals surface area contributed by atoms with Crippen molar-refractivity contribution < 1.29 is 0 Å². The highest BCUT2D eigenvalue weighted by atomic mass is 32.2.